The first-order valence-corrected chi connectivity index (χ1v) is 3.64. The first-order valence-electron chi connectivity index (χ1n) is 3.64. The number of unbranched alkanes of at least 4 members (excludes halogenated alkanes) is 2. The molecule has 3 N–H and O–H groups in total. The Morgan fingerprint density at radius 3 is 2.36 bits per heavy atom. The van der Waals surface area contributed by atoms with Gasteiger partial charge in [-0.3, -0.25) is 4.79 Å². The average molecular weight is 182 g/mol. The van der Waals surface area contributed by atoms with Gasteiger partial charge in [0.1, 0.15) is 6.61 Å². The van der Waals surface area contributed by atoms with Crippen LogP contribution in [0.3, 0.4) is 0 Å². The zero-order valence-electron chi connectivity index (χ0n) is 6.58. The maximum absolute atomic E-state index is 10.5. The van der Waals surface area contributed by atoms with Gasteiger partial charge in [-0.05, 0) is 19.4 Å². The van der Waals surface area contributed by atoms with E-state index in [0.29, 0.717) is 13.0 Å². The van der Waals surface area contributed by atoms with Crippen LogP contribution >= 0.6 is 12.4 Å². The lowest BCUT2D eigenvalue weighted by molar-refractivity contribution is -0.121. The molecule has 0 radical (unpaired) electrons. The van der Waals surface area contributed by atoms with Crippen molar-refractivity contribution >= 4 is 18.2 Å². The summed E-state index contributed by atoms with van der Waals surface area (Å²) in [5.41, 5.74) is 5.24. The van der Waals surface area contributed by atoms with E-state index in [1.54, 1.807) is 0 Å². The Morgan fingerprint density at radius 2 is 1.91 bits per heavy atom. The SMILES string of the molecule is Cl.NCCCCCC(=O)CO. The molecular formula is C7H16ClNO2. The van der Waals surface area contributed by atoms with Gasteiger partial charge in [-0.25, -0.2) is 0 Å². The number of carbonyl (C=O) groups excluding carboxylic acids is 1. The number of hydrogen-bond donors (Lipinski definition) is 2. The van der Waals surface area contributed by atoms with Crippen molar-refractivity contribution in [3.05, 3.63) is 0 Å². The highest BCUT2D eigenvalue weighted by Gasteiger charge is 1.97. The average Bonchev–Trinajstić information content (AvgIpc) is 1.98. The molecule has 0 aliphatic carbocycles. The predicted molar refractivity (Wildman–Crippen MR) is 46.9 cm³/mol. The van der Waals surface area contributed by atoms with Crippen molar-refractivity contribution in [1.29, 1.82) is 0 Å². The molecule has 0 unspecified atom stereocenters. The smallest absolute Gasteiger partial charge is 0.158 e. The van der Waals surface area contributed by atoms with Gasteiger partial charge in [0, 0.05) is 6.42 Å². The Bertz CT molecular complexity index is 98.4. The fourth-order valence-corrected chi connectivity index (χ4v) is 0.722. The molecule has 0 fully saturated rings. The maximum atomic E-state index is 10.5. The molecule has 0 saturated carbocycles. The van der Waals surface area contributed by atoms with Gasteiger partial charge >= 0.3 is 0 Å². The van der Waals surface area contributed by atoms with E-state index in [1.165, 1.54) is 0 Å². The third kappa shape index (κ3) is 9.88. The van der Waals surface area contributed by atoms with Crippen LogP contribution in [0.15, 0.2) is 0 Å². The van der Waals surface area contributed by atoms with Crippen LogP contribution in [-0.4, -0.2) is 24.0 Å². The Kier molecular flexibility index (Phi) is 12.1. The molecule has 0 bridgehead atoms. The second-order valence-electron chi connectivity index (χ2n) is 2.30. The van der Waals surface area contributed by atoms with E-state index < -0.39 is 0 Å². The Morgan fingerprint density at radius 1 is 1.27 bits per heavy atom. The summed E-state index contributed by atoms with van der Waals surface area (Å²) in [6.07, 6.45) is 3.31. The summed E-state index contributed by atoms with van der Waals surface area (Å²) < 4.78 is 0. The molecule has 0 rings (SSSR count). The molecule has 0 aromatic heterocycles. The number of hydrogen-bond acceptors (Lipinski definition) is 3. The lowest BCUT2D eigenvalue weighted by Gasteiger charge is -1.95. The fourth-order valence-electron chi connectivity index (χ4n) is 0.722. The van der Waals surface area contributed by atoms with Gasteiger partial charge in [0.25, 0.3) is 0 Å². The first kappa shape index (κ1) is 13.5. The normalized spacial score (nSPS) is 8.91. The number of carbonyl (C=O) groups is 1. The zero-order chi connectivity index (χ0) is 7.82. The summed E-state index contributed by atoms with van der Waals surface area (Å²) in [6.45, 7) is 0.371. The van der Waals surface area contributed by atoms with Crippen LogP contribution in [0.2, 0.25) is 0 Å². The Labute approximate surface area is 73.4 Å². The molecule has 3 nitrogen and oxygen atoms in total. The van der Waals surface area contributed by atoms with Gasteiger partial charge in [-0.15, -0.1) is 12.4 Å². The molecule has 11 heavy (non-hydrogen) atoms. The maximum Gasteiger partial charge on any atom is 0.158 e. The standard InChI is InChI=1S/C7H15NO2.ClH/c8-5-3-1-2-4-7(10)6-9;/h9H,1-6,8H2;1H. The topological polar surface area (TPSA) is 63.3 Å². The minimum Gasteiger partial charge on any atom is -0.389 e. The van der Waals surface area contributed by atoms with Crippen molar-refractivity contribution < 1.29 is 9.90 Å². The van der Waals surface area contributed by atoms with E-state index in [4.69, 9.17) is 10.8 Å². The van der Waals surface area contributed by atoms with Crippen LogP contribution in [0.5, 0.6) is 0 Å². The van der Waals surface area contributed by atoms with Gasteiger partial charge in [-0.2, -0.15) is 0 Å². The van der Waals surface area contributed by atoms with Crippen molar-refractivity contribution in [3.8, 4) is 0 Å². The molecule has 0 atom stereocenters. The number of Topliss-reactive ketones (excluding diaryl/α,β-unsaturated/α-hetero) is 1. The second-order valence-corrected chi connectivity index (χ2v) is 2.30. The number of aliphatic hydroxyl groups is 1. The first-order chi connectivity index (χ1) is 4.81. The van der Waals surface area contributed by atoms with Gasteiger partial charge in [-0.1, -0.05) is 6.42 Å². The lowest BCUT2D eigenvalue weighted by Crippen LogP contribution is -2.04. The molecule has 0 aliphatic heterocycles. The lowest BCUT2D eigenvalue weighted by atomic mass is 10.1. The third-order valence-corrected chi connectivity index (χ3v) is 1.34. The molecule has 4 heteroatoms. The molecule has 0 aromatic carbocycles. The minimum absolute atomic E-state index is 0. The number of nitrogens with two attached hydrogens (primary N) is 1. The fraction of sp³-hybridized carbons (Fsp3) is 0.857. The Hall–Kier alpha value is -0.120. The van der Waals surface area contributed by atoms with Crippen LogP contribution in [0, 0.1) is 0 Å². The number of ketones is 1. The van der Waals surface area contributed by atoms with E-state index in [1.807, 2.05) is 0 Å². The monoisotopic (exact) mass is 181 g/mol. The predicted octanol–water partition coefficient (Wildman–Crippen LogP) is 0.489. The minimum atomic E-state index is -0.317. The van der Waals surface area contributed by atoms with Gasteiger partial charge < -0.3 is 10.8 Å². The largest absolute Gasteiger partial charge is 0.389 e. The zero-order valence-corrected chi connectivity index (χ0v) is 7.40. The molecule has 0 saturated heterocycles. The summed E-state index contributed by atoms with van der Waals surface area (Å²) in [5, 5.41) is 8.32. The van der Waals surface area contributed by atoms with Crippen molar-refractivity contribution in [1.82, 2.24) is 0 Å². The summed E-state index contributed by atoms with van der Waals surface area (Å²) in [4.78, 5) is 10.5. The molecule has 0 aliphatic rings. The highest BCUT2D eigenvalue weighted by atomic mass is 35.5. The number of rotatable bonds is 6. The van der Waals surface area contributed by atoms with Crippen LogP contribution in [0.1, 0.15) is 25.7 Å². The van der Waals surface area contributed by atoms with Gasteiger partial charge in [0.2, 0.25) is 0 Å². The highest BCUT2D eigenvalue weighted by molar-refractivity contribution is 5.85. The van der Waals surface area contributed by atoms with Gasteiger partial charge in [0.05, 0.1) is 0 Å². The van der Waals surface area contributed by atoms with Crippen molar-refractivity contribution in [2.75, 3.05) is 13.2 Å². The summed E-state index contributed by atoms with van der Waals surface area (Å²) in [7, 11) is 0. The summed E-state index contributed by atoms with van der Waals surface area (Å²) in [6, 6.07) is 0. The molecule has 0 heterocycles. The molecular weight excluding hydrogens is 166 g/mol. The van der Waals surface area contributed by atoms with E-state index >= 15 is 0 Å². The molecule has 68 valence electrons. The quantitative estimate of drug-likeness (QED) is 0.587. The van der Waals surface area contributed by atoms with E-state index in [0.717, 1.165) is 19.3 Å². The van der Waals surface area contributed by atoms with Crippen molar-refractivity contribution in [2.45, 2.75) is 25.7 Å². The molecule has 0 amide bonds. The van der Waals surface area contributed by atoms with E-state index in [-0.39, 0.29) is 24.8 Å². The number of halogens is 1. The highest BCUT2D eigenvalue weighted by Crippen LogP contribution is 1.98. The van der Waals surface area contributed by atoms with E-state index in [9.17, 15) is 4.79 Å². The van der Waals surface area contributed by atoms with Crippen molar-refractivity contribution in [3.63, 3.8) is 0 Å². The third-order valence-electron chi connectivity index (χ3n) is 1.34. The summed E-state index contributed by atoms with van der Waals surface area (Å²) in [5.74, 6) is -0.0722. The van der Waals surface area contributed by atoms with Gasteiger partial charge in [0.15, 0.2) is 5.78 Å². The van der Waals surface area contributed by atoms with Crippen LogP contribution in [-0.2, 0) is 4.79 Å². The van der Waals surface area contributed by atoms with Crippen LogP contribution in [0.25, 0.3) is 0 Å². The van der Waals surface area contributed by atoms with Crippen LogP contribution in [0.4, 0.5) is 0 Å². The molecule has 0 aromatic rings. The molecule has 0 spiro atoms. The van der Waals surface area contributed by atoms with Crippen molar-refractivity contribution in [2.24, 2.45) is 5.73 Å². The van der Waals surface area contributed by atoms with E-state index in [2.05, 4.69) is 0 Å². The Balaban J connectivity index is 0. The van der Waals surface area contributed by atoms with Crippen LogP contribution < -0.4 is 5.73 Å². The number of aliphatic hydroxyl groups excluding tert-OH is 1. The second kappa shape index (κ2) is 9.88. The summed E-state index contributed by atoms with van der Waals surface area (Å²) >= 11 is 0.